The number of rotatable bonds is 9. The van der Waals surface area contributed by atoms with E-state index in [-0.39, 0.29) is 24.5 Å². The van der Waals surface area contributed by atoms with Gasteiger partial charge in [-0.1, -0.05) is 84.0 Å². The van der Waals surface area contributed by atoms with E-state index in [2.05, 4.69) is 21.2 Å². The number of ether oxygens (including phenoxy) is 1. The van der Waals surface area contributed by atoms with Gasteiger partial charge in [0, 0.05) is 17.1 Å². The summed E-state index contributed by atoms with van der Waals surface area (Å²) in [5.41, 5.74) is 0.964. The lowest BCUT2D eigenvalue weighted by Crippen LogP contribution is -2.52. The van der Waals surface area contributed by atoms with Crippen LogP contribution in [0.4, 0.5) is 0 Å². The number of hydrogen-bond acceptors (Lipinski definition) is 3. The van der Waals surface area contributed by atoms with Crippen LogP contribution in [-0.2, 0) is 16.1 Å². The van der Waals surface area contributed by atoms with E-state index in [1.54, 1.807) is 23.1 Å². The summed E-state index contributed by atoms with van der Waals surface area (Å²) in [5, 5.41) is 3.60. The average Bonchev–Trinajstić information content (AvgIpc) is 2.79. The Morgan fingerprint density at radius 2 is 1.88 bits per heavy atom. The van der Waals surface area contributed by atoms with Crippen LogP contribution >= 0.6 is 27.5 Å². The standard InChI is InChI=1S/C25H30BrClN2O3/c1-2-22(25(31)28-20-11-7-4-8-12-20)29(16-18-9-5-3-6-10-18)24(30)17-32-23-14-13-19(26)15-21(23)27/h3,5-6,9-10,13-15,20,22H,2,4,7-8,11-12,16-17H2,1H3,(H,28,31). The van der Waals surface area contributed by atoms with E-state index in [9.17, 15) is 9.59 Å². The monoisotopic (exact) mass is 520 g/mol. The van der Waals surface area contributed by atoms with Crippen LogP contribution in [0.5, 0.6) is 5.75 Å². The lowest BCUT2D eigenvalue weighted by Gasteiger charge is -2.32. The summed E-state index contributed by atoms with van der Waals surface area (Å²) in [6, 6.07) is 14.6. The van der Waals surface area contributed by atoms with Crippen molar-refractivity contribution < 1.29 is 14.3 Å². The van der Waals surface area contributed by atoms with Gasteiger partial charge in [-0.3, -0.25) is 9.59 Å². The molecule has 2 amide bonds. The summed E-state index contributed by atoms with van der Waals surface area (Å²) in [6.07, 6.45) is 6.01. The highest BCUT2D eigenvalue weighted by Gasteiger charge is 2.30. The lowest BCUT2D eigenvalue weighted by molar-refractivity contribution is -0.143. The molecular formula is C25H30BrClN2O3. The van der Waals surface area contributed by atoms with Crippen LogP contribution in [0.3, 0.4) is 0 Å². The van der Waals surface area contributed by atoms with Gasteiger partial charge in [-0.25, -0.2) is 0 Å². The lowest BCUT2D eigenvalue weighted by atomic mass is 9.95. The summed E-state index contributed by atoms with van der Waals surface area (Å²) in [4.78, 5) is 28.1. The molecule has 1 aliphatic rings. The molecule has 0 saturated heterocycles. The molecular weight excluding hydrogens is 492 g/mol. The first-order valence-corrected chi connectivity index (χ1v) is 12.4. The highest BCUT2D eigenvalue weighted by atomic mass is 79.9. The molecule has 1 unspecified atom stereocenters. The van der Waals surface area contributed by atoms with Crippen molar-refractivity contribution in [3.8, 4) is 5.75 Å². The van der Waals surface area contributed by atoms with Gasteiger partial charge in [0.05, 0.1) is 5.02 Å². The van der Waals surface area contributed by atoms with Crippen molar-refractivity contribution in [2.45, 2.75) is 64.1 Å². The summed E-state index contributed by atoms with van der Waals surface area (Å²) in [7, 11) is 0. The molecule has 0 radical (unpaired) electrons. The van der Waals surface area contributed by atoms with Crippen LogP contribution in [0, 0.1) is 0 Å². The smallest absolute Gasteiger partial charge is 0.261 e. The van der Waals surface area contributed by atoms with Crippen molar-refractivity contribution in [3.05, 3.63) is 63.6 Å². The van der Waals surface area contributed by atoms with Crippen LogP contribution < -0.4 is 10.1 Å². The van der Waals surface area contributed by atoms with Crippen molar-refractivity contribution in [1.29, 1.82) is 0 Å². The Labute approximate surface area is 203 Å². The zero-order valence-electron chi connectivity index (χ0n) is 18.4. The van der Waals surface area contributed by atoms with Crippen molar-refractivity contribution in [1.82, 2.24) is 10.2 Å². The summed E-state index contributed by atoms with van der Waals surface area (Å²) < 4.78 is 6.55. The Bertz CT molecular complexity index is 903. The molecule has 0 aromatic heterocycles. The van der Waals surface area contributed by atoms with Gasteiger partial charge in [-0.2, -0.15) is 0 Å². The van der Waals surface area contributed by atoms with Crippen LogP contribution in [0.2, 0.25) is 5.02 Å². The molecule has 2 aromatic rings. The number of carbonyl (C=O) groups excluding carboxylic acids is 2. The van der Waals surface area contributed by atoms with E-state index in [0.29, 0.717) is 23.7 Å². The minimum atomic E-state index is -0.561. The molecule has 7 heteroatoms. The molecule has 1 N–H and O–H groups in total. The predicted molar refractivity (Wildman–Crippen MR) is 131 cm³/mol. The molecule has 1 atom stereocenters. The average molecular weight is 522 g/mol. The van der Waals surface area contributed by atoms with Gasteiger partial charge in [0.1, 0.15) is 11.8 Å². The highest BCUT2D eigenvalue weighted by molar-refractivity contribution is 9.10. The number of amides is 2. The van der Waals surface area contributed by atoms with E-state index in [1.165, 1.54) is 6.42 Å². The quantitative estimate of drug-likeness (QED) is 0.458. The third kappa shape index (κ3) is 6.97. The Kier molecular flexibility index (Phi) is 9.42. The molecule has 0 heterocycles. The van der Waals surface area contributed by atoms with Crippen molar-refractivity contribution in [2.75, 3.05) is 6.61 Å². The number of hydrogen-bond donors (Lipinski definition) is 1. The largest absolute Gasteiger partial charge is 0.482 e. The molecule has 5 nitrogen and oxygen atoms in total. The van der Waals surface area contributed by atoms with Crippen molar-refractivity contribution in [3.63, 3.8) is 0 Å². The third-order valence-electron chi connectivity index (χ3n) is 5.78. The molecule has 2 aromatic carbocycles. The fraction of sp³-hybridized carbons (Fsp3) is 0.440. The Hall–Kier alpha value is -2.05. The predicted octanol–water partition coefficient (Wildman–Crippen LogP) is 5.74. The van der Waals surface area contributed by atoms with Crippen LogP contribution in [0.25, 0.3) is 0 Å². The topological polar surface area (TPSA) is 58.6 Å². The maximum atomic E-state index is 13.3. The molecule has 1 fully saturated rings. The summed E-state index contributed by atoms with van der Waals surface area (Å²) in [6.45, 7) is 2.08. The molecule has 0 spiro atoms. The summed E-state index contributed by atoms with van der Waals surface area (Å²) in [5.74, 6) is 0.0893. The number of nitrogens with one attached hydrogen (secondary N) is 1. The Balaban J connectivity index is 1.74. The van der Waals surface area contributed by atoms with E-state index in [0.717, 1.165) is 35.7 Å². The molecule has 1 saturated carbocycles. The highest BCUT2D eigenvalue weighted by Crippen LogP contribution is 2.28. The van der Waals surface area contributed by atoms with Crippen LogP contribution in [0.15, 0.2) is 53.0 Å². The number of nitrogens with zero attached hydrogens (tertiary/aromatic N) is 1. The van der Waals surface area contributed by atoms with Gasteiger partial charge in [0.25, 0.3) is 5.91 Å². The first kappa shape index (κ1) is 24.6. The van der Waals surface area contributed by atoms with E-state index in [4.69, 9.17) is 16.3 Å². The maximum Gasteiger partial charge on any atom is 0.261 e. The van der Waals surface area contributed by atoms with E-state index in [1.807, 2.05) is 37.3 Å². The van der Waals surface area contributed by atoms with Gasteiger partial charge >= 0.3 is 0 Å². The third-order valence-corrected chi connectivity index (χ3v) is 6.57. The van der Waals surface area contributed by atoms with Gasteiger partial charge in [0.15, 0.2) is 6.61 Å². The fourth-order valence-corrected chi connectivity index (χ4v) is 4.79. The molecule has 32 heavy (non-hydrogen) atoms. The zero-order valence-corrected chi connectivity index (χ0v) is 20.7. The molecule has 172 valence electrons. The van der Waals surface area contributed by atoms with Gasteiger partial charge in [0.2, 0.25) is 5.91 Å². The van der Waals surface area contributed by atoms with Gasteiger partial charge in [-0.15, -0.1) is 0 Å². The Morgan fingerprint density at radius 3 is 2.53 bits per heavy atom. The minimum Gasteiger partial charge on any atom is -0.482 e. The first-order chi connectivity index (χ1) is 15.5. The second kappa shape index (κ2) is 12.3. The van der Waals surface area contributed by atoms with E-state index >= 15 is 0 Å². The van der Waals surface area contributed by atoms with Crippen LogP contribution in [0.1, 0.15) is 51.0 Å². The second-order valence-electron chi connectivity index (χ2n) is 8.14. The normalized spacial score (nSPS) is 15.1. The minimum absolute atomic E-state index is 0.0923. The number of carbonyl (C=O) groups is 2. The maximum absolute atomic E-state index is 13.3. The van der Waals surface area contributed by atoms with Crippen LogP contribution in [-0.4, -0.2) is 35.4 Å². The molecule has 1 aliphatic carbocycles. The zero-order chi connectivity index (χ0) is 22.9. The van der Waals surface area contributed by atoms with Gasteiger partial charge in [-0.05, 0) is 43.0 Å². The Morgan fingerprint density at radius 1 is 1.16 bits per heavy atom. The second-order valence-corrected chi connectivity index (χ2v) is 9.46. The number of benzene rings is 2. The van der Waals surface area contributed by atoms with Gasteiger partial charge < -0.3 is 15.0 Å². The first-order valence-electron chi connectivity index (χ1n) is 11.2. The van der Waals surface area contributed by atoms with E-state index < -0.39 is 6.04 Å². The molecule has 0 bridgehead atoms. The van der Waals surface area contributed by atoms with Crippen molar-refractivity contribution >= 4 is 39.3 Å². The fourth-order valence-electron chi connectivity index (χ4n) is 4.06. The van der Waals surface area contributed by atoms with Crippen molar-refractivity contribution in [2.24, 2.45) is 0 Å². The summed E-state index contributed by atoms with van der Waals surface area (Å²) >= 11 is 9.59. The SMILES string of the molecule is CCC(C(=O)NC1CCCCC1)N(Cc1ccccc1)C(=O)COc1ccc(Br)cc1Cl. The number of halogens is 2. The molecule has 3 rings (SSSR count). The molecule has 0 aliphatic heterocycles.